The molecule has 0 heterocycles. The Labute approximate surface area is 121 Å². The molecule has 0 saturated heterocycles. The van der Waals surface area contributed by atoms with E-state index in [4.69, 9.17) is 9.84 Å². The minimum atomic E-state index is -3.77. The van der Waals surface area contributed by atoms with E-state index in [1.807, 2.05) is 13.8 Å². The highest BCUT2D eigenvalue weighted by Crippen LogP contribution is 2.06. The molecule has 0 radical (unpaired) electrons. The molecule has 20 heavy (non-hydrogen) atoms. The number of nitrogens with zero attached hydrogens (tertiary/aromatic N) is 1. The molecule has 0 amide bonds. The van der Waals surface area contributed by atoms with Gasteiger partial charge in [-0.3, -0.25) is 4.79 Å². The van der Waals surface area contributed by atoms with Crippen molar-refractivity contribution in [2.75, 3.05) is 26.8 Å². The van der Waals surface area contributed by atoms with Crippen molar-refractivity contribution in [1.29, 1.82) is 0 Å². The molecule has 0 aliphatic rings. The van der Waals surface area contributed by atoms with Crippen LogP contribution in [0.25, 0.3) is 0 Å². The van der Waals surface area contributed by atoms with Gasteiger partial charge in [0, 0.05) is 26.8 Å². The number of carboxylic acid groups (broad SMARTS) is 1. The van der Waals surface area contributed by atoms with Crippen LogP contribution in [0.4, 0.5) is 0 Å². The van der Waals surface area contributed by atoms with Crippen molar-refractivity contribution < 1.29 is 23.1 Å². The lowest BCUT2D eigenvalue weighted by molar-refractivity contribution is -0.139. The number of hydrogen-bond acceptors (Lipinski definition) is 4. The third-order valence-corrected chi connectivity index (χ3v) is 4.34. The Kier molecular flexibility index (Phi) is 9.74. The molecule has 8 heteroatoms. The van der Waals surface area contributed by atoms with Gasteiger partial charge < -0.3 is 9.84 Å². The number of carboxylic acids is 1. The Morgan fingerprint density at radius 1 is 1.30 bits per heavy atom. The van der Waals surface area contributed by atoms with Crippen LogP contribution in [0.3, 0.4) is 0 Å². The van der Waals surface area contributed by atoms with Crippen molar-refractivity contribution in [3.05, 3.63) is 0 Å². The lowest BCUT2D eigenvalue weighted by Gasteiger charge is -2.23. The zero-order valence-electron chi connectivity index (χ0n) is 12.5. The summed E-state index contributed by atoms with van der Waals surface area (Å²) in [5.74, 6) is -1.17. The second kappa shape index (κ2) is 10.1. The van der Waals surface area contributed by atoms with Crippen LogP contribution in [-0.4, -0.2) is 56.6 Å². The zero-order chi connectivity index (χ0) is 15.6. The highest BCUT2D eigenvalue weighted by atomic mass is 32.2. The molecule has 0 spiro atoms. The molecule has 0 aromatic carbocycles. The van der Waals surface area contributed by atoms with Gasteiger partial charge in [-0.05, 0) is 25.7 Å². The summed E-state index contributed by atoms with van der Waals surface area (Å²) in [5.41, 5.74) is 0. The fraction of sp³-hybridized carbons (Fsp3) is 0.917. The number of rotatable bonds is 12. The van der Waals surface area contributed by atoms with Crippen molar-refractivity contribution in [2.45, 2.75) is 45.6 Å². The van der Waals surface area contributed by atoms with Gasteiger partial charge in [0.15, 0.2) is 0 Å². The summed E-state index contributed by atoms with van der Waals surface area (Å²) in [7, 11) is -2.25. The molecule has 0 aromatic rings. The molecule has 7 nitrogen and oxygen atoms in total. The van der Waals surface area contributed by atoms with Crippen molar-refractivity contribution in [2.24, 2.45) is 0 Å². The van der Waals surface area contributed by atoms with Gasteiger partial charge in [0.1, 0.15) is 6.04 Å². The highest BCUT2D eigenvalue weighted by Gasteiger charge is 2.27. The Morgan fingerprint density at radius 2 is 1.85 bits per heavy atom. The summed E-state index contributed by atoms with van der Waals surface area (Å²) in [5, 5.41) is 9.09. The maximum atomic E-state index is 12.2. The summed E-state index contributed by atoms with van der Waals surface area (Å²) >= 11 is 0. The van der Waals surface area contributed by atoms with E-state index in [1.54, 1.807) is 0 Å². The number of hydrogen-bond donors (Lipinski definition) is 2. The van der Waals surface area contributed by atoms with Gasteiger partial charge in [0.25, 0.3) is 10.2 Å². The van der Waals surface area contributed by atoms with Gasteiger partial charge in [-0.15, -0.1) is 0 Å². The second-order valence-electron chi connectivity index (χ2n) is 4.55. The molecule has 0 aromatic heterocycles. The molecule has 0 rings (SSSR count). The number of carbonyl (C=O) groups is 1. The lowest BCUT2D eigenvalue weighted by Crippen LogP contribution is -2.48. The molecule has 1 unspecified atom stereocenters. The third-order valence-electron chi connectivity index (χ3n) is 2.72. The molecule has 0 aliphatic heterocycles. The van der Waals surface area contributed by atoms with E-state index in [2.05, 4.69) is 4.72 Å². The maximum absolute atomic E-state index is 12.2. The van der Waals surface area contributed by atoms with Gasteiger partial charge in [-0.2, -0.15) is 17.4 Å². The Morgan fingerprint density at radius 3 is 2.25 bits per heavy atom. The van der Waals surface area contributed by atoms with E-state index in [1.165, 1.54) is 11.4 Å². The molecule has 2 N–H and O–H groups in total. The van der Waals surface area contributed by atoms with Crippen molar-refractivity contribution in [3.8, 4) is 0 Å². The number of aliphatic carboxylic acids is 1. The fourth-order valence-corrected chi connectivity index (χ4v) is 3.34. The molecule has 0 fully saturated rings. The first-order valence-electron chi connectivity index (χ1n) is 6.88. The van der Waals surface area contributed by atoms with Crippen molar-refractivity contribution in [1.82, 2.24) is 9.03 Å². The average molecular weight is 310 g/mol. The van der Waals surface area contributed by atoms with E-state index in [9.17, 15) is 13.2 Å². The fourth-order valence-electron chi connectivity index (χ4n) is 1.77. The van der Waals surface area contributed by atoms with E-state index in [-0.39, 0.29) is 6.42 Å². The minimum Gasteiger partial charge on any atom is -0.480 e. The van der Waals surface area contributed by atoms with Crippen LogP contribution in [0.2, 0.25) is 0 Å². The van der Waals surface area contributed by atoms with Crippen LogP contribution in [0.5, 0.6) is 0 Å². The Balaban J connectivity index is 4.75. The average Bonchev–Trinajstić information content (AvgIpc) is 2.37. The van der Waals surface area contributed by atoms with Crippen LogP contribution in [0.1, 0.15) is 39.5 Å². The number of nitrogens with one attached hydrogen (secondary N) is 1. The monoisotopic (exact) mass is 310 g/mol. The van der Waals surface area contributed by atoms with Crippen LogP contribution in [0.15, 0.2) is 0 Å². The highest BCUT2D eigenvalue weighted by molar-refractivity contribution is 7.87. The van der Waals surface area contributed by atoms with Crippen LogP contribution < -0.4 is 4.72 Å². The van der Waals surface area contributed by atoms with E-state index < -0.39 is 22.2 Å². The van der Waals surface area contributed by atoms with E-state index >= 15 is 0 Å². The second-order valence-corrected chi connectivity index (χ2v) is 6.25. The first kappa shape index (κ1) is 19.3. The predicted octanol–water partition coefficient (Wildman–Crippen LogP) is 0.823. The van der Waals surface area contributed by atoms with E-state index in [0.29, 0.717) is 39.0 Å². The predicted molar refractivity (Wildman–Crippen MR) is 76.7 cm³/mol. The summed E-state index contributed by atoms with van der Waals surface area (Å²) in [4.78, 5) is 11.1. The Bertz CT molecular complexity index is 366. The summed E-state index contributed by atoms with van der Waals surface area (Å²) in [6, 6.07) is -1.12. The van der Waals surface area contributed by atoms with Gasteiger partial charge in [-0.1, -0.05) is 13.8 Å². The quantitative estimate of drug-likeness (QED) is 0.520. The SMILES string of the molecule is CCCN(CCC)S(=O)(=O)NC(CCCOC)C(=O)O. The molecule has 0 saturated carbocycles. The van der Waals surface area contributed by atoms with Crippen LogP contribution >= 0.6 is 0 Å². The minimum absolute atomic E-state index is 0.203. The van der Waals surface area contributed by atoms with Gasteiger partial charge in [0.2, 0.25) is 0 Å². The van der Waals surface area contributed by atoms with Gasteiger partial charge in [0.05, 0.1) is 0 Å². The lowest BCUT2D eigenvalue weighted by atomic mass is 10.2. The summed E-state index contributed by atoms with van der Waals surface area (Å²) < 4.78 is 32.8. The molecular formula is C12H26N2O5S. The standard InChI is InChI=1S/C12H26N2O5S/c1-4-8-14(9-5-2)20(17,18)13-11(12(15)16)7-6-10-19-3/h11,13H,4-10H2,1-3H3,(H,15,16). The van der Waals surface area contributed by atoms with Gasteiger partial charge in [-0.25, -0.2) is 0 Å². The van der Waals surface area contributed by atoms with Crippen LogP contribution in [0, 0.1) is 0 Å². The smallest absolute Gasteiger partial charge is 0.321 e. The molecule has 1 atom stereocenters. The molecule has 0 aliphatic carbocycles. The van der Waals surface area contributed by atoms with Crippen molar-refractivity contribution in [3.63, 3.8) is 0 Å². The summed E-state index contributed by atoms with van der Waals surface area (Å²) in [6.07, 6.45) is 2.05. The molecular weight excluding hydrogens is 284 g/mol. The van der Waals surface area contributed by atoms with Crippen LogP contribution in [-0.2, 0) is 19.7 Å². The first-order chi connectivity index (χ1) is 9.38. The molecule has 120 valence electrons. The Hall–Kier alpha value is -0.700. The third kappa shape index (κ3) is 7.18. The zero-order valence-corrected chi connectivity index (χ0v) is 13.3. The normalized spacial score (nSPS) is 13.6. The largest absolute Gasteiger partial charge is 0.480 e. The molecule has 0 bridgehead atoms. The topological polar surface area (TPSA) is 95.9 Å². The summed E-state index contributed by atoms with van der Waals surface area (Å²) in [6.45, 7) is 4.93. The van der Waals surface area contributed by atoms with E-state index in [0.717, 1.165) is 0 Å². The van der Waals surface area contributed by atoms with Gasteiger partial charge >= 0.3 is 5.97 Å². The number of ether oxygens (including phenoxy) is 1. The maximum Gasteiger partial charge on any atom is 0.321 e. The number of methoxy groups -OCH3 is 1. The van der Waals surface area contributed by atoms with Crippen molar-refractivity contribution >= 4 is 16.2 Å². The first-order valence-corrected chi connectivity index (χ1v) is 8.32.